The molecule has 2 unspecified atom stereocenters. The Hall–Kier alpha value is -2.81. The lowest BCUT2D eigenvalue weighted by molar-refractivity contribution is 0.226. The Kier molecular flexibility index (Phi) is 5.20. The summed E-state index contributed by atoms with van der Waals surface area (Å²) in [5.41, 5.74) is 5.39. The van der Waals surface area contributed by atoms with Gasteiger partial charge in [0.2, 0.25) is 0 Å². The highest BCUT2D eigenvalue weighted by Gasteiger charge is 2.54. The molecule has 2 atom stereocenters. The Morgan fingerprint density at radius 2 is 0.967 bits per heavy atom. The molecule has 4 aromatic carbocycles. The predicted octanol–water partition coefficient (Wildman–Crippen LogP) is 7.05. The van der Waals surface area contributed by atoms with Gasteiger partial charge in [0.1, 0.15) is 0 Å². The van der Waals surface area contributed by atoms with Crippen molar-refractivity contribution in [1.82, 2.24) is 4.90 Å². The topological polar surface area (TPSA) is 3.24 Å². The zero-order valence-corrected chi connectivity index (χ0v) is 17.9. The van der Waals surface area contributed by atoms with Crippen molar-refractivity contribution in [3.63, 3.8) is 0 Å². The summed E-state index contributed by atoms with van der Waals surface area (Å²) < 4.78 is -0.209. The monoisotopic (exact) mass is 407 g/mol. The van der Waals surface area contributed by atoms with Crippen LogP contribution >= 0.6 is 11.8 Å². The molecular formula is C28H25NS. The van der Waals surface area contributed by atoms with E-state index < -0.39 is 0 Å². The van der Waals surface area contributed by atoms with Gasteiger partial charge >= 0.3 is 0 Å². The van der Waals surface area contributed by atoms with E-state index in [1.807, 2.05) is 0 Å². The second kappa shape index (κ2) is 8.14. The zero-order valence-electron chi connectivity index (χ0n) is 17.1. The van der Waals surface area contributed by atoms with Crippen molar-refractivity contribution in [2.75, 3.05) is 7.05 Å². The maximum Gasteiger partial charge on any atom is 0.0873 e. The van der Waals surface area contributed by atoms with Crippen LogP contribution in [0.25, 0.3) is 0 Å². The summed E-state index contributed by atoms with van der Waals surface area (Å²) >= 11 is 2.05. The predicted molar refractivity (Wildman–Crippen MR) is 127 cm³/mol. The standard InChI is InChI=1S/C28H25NS/c1-29-26(22-14-6-2-7-15-22)28(24-18-10-4-11-19-24,25-20-12-5-13-21-25)30-27(29)23-16-8-3-9-17-23/h2-21,26-27H,1H3. The molecule has 1 nitrogen and oxygen atoms in total. The van der Waals surface area contributed by atoms with E-state index in [1.165, 1.54) is 22.3 Å². The first kappa shape index (κ1) is 19.2. The van der Waals surface area contributed by atoms with Gasteiger partial charge in [0.15, 0.2) is 0 Å². The van der Waals surface area contributed by atoms with Crippen molar-refractivity contribution in [3.8, 4) is 0 Å². The number of rotatable bonds is 4. The molecule has 0 spiro atoms. The summed E-state index contributed by atoms with van der Waals surface area (Å²) in [6.45, 7) is 0. The molecule has 5 rings (SSSR count). The molecule has 1 aliphatic heterocycles. The van der Waals surface area contributed by atoms with Crippen LogP contribution in [0.2, 0.25) is 0 Å². The van der Waals surface area contributed by atoms with Gasteiger partial charge in [0, 0.05) is 0 Å². The summed E-state index contributed by atoms with van der Waals surface area (Å²) in [5.74, 6) is 0. The fourth-order valence-electron chi connectivity index (χ4n) is 4.76. The van der Waals surface area contributed by atoms with Crippen molar-refractivity contribution in [2.45, 2.75) is 16.2 Å². The van der Waals surface area contributed by atoms with Gasteiger partial charge in [0.25, 0.3) is 0 Å². The lowest BCUT2D eigenvalue weighted by atomic mass is 9.80. The van der Waals surface area contributed by atoms with Crippen molar-refractivity contribution in [3.05, 3.63) is 144 Å². The molecule has 0 saturated carbocycles. The van der Waals surface area contributed by atoms with E-state index in [1.54, 1.807) is 0 Å². The average molecular weight is 408 g/mol. The van der Waals surface area contributed by atoms with Crippen molar-refractivity contribution in [1.29, 1.82) is 0 Å². The van der Waals surface area contributed by atoms with Crippen LogP contribution < -0.4 is 0 Å². The largest absolute Gasteiger partial charge is 0.282 e. The Balaban J connectivity index is 1.77. The van der Waals surface area contributed by atoms with E-state index in [-0.39, 0.29) is 16.2 Å². The van der Waals surface area contributed by atoms with E-state index in [0.29, 0.717) is 0 Å². The molecular weight excluding hydrogens is 382 g/mol. The summed E-state index contributed by atoms with van der Waals surface area (Å²) in [6.07, 6.45) is 0. The smallest absolute Gasteiger partial charge is 0.0873 e. The lowest BCUT2D eigenvalue weighted by Gasteiger charge is -2.37. The Morgan fingerprint density at radius 1 is 0.567 bits per heavy atom. The molecule has 0 radical (unpaired) electrons. The fraction of sp³-hybridized carbons (Fsp3) is 0.143. The third-order valence-electron chi connectivity index (χ3n) is 6.07. The lowest BCUT2D eigenvalue weighted by Crippen LogP contribution is -2.34. The van der Waals surface area contributed by atoms with Crippen molar-refractivity contribution < 1.29 is 0 Å². The highest BCUT2D eigenvalue weighted by atomic mass is 32.2. The van der Waals surface area contributed by atoms with E-state index in [4.69, 9.17) is 0 Å². The van der Waals surface area contributed by atoms with Gasteiger partial charge in [-0.25, -0.2) is 0 Å². The molecule has 148 valence electrons. The SMILES string of the molecule is CN1C(c2ccccc2)SC(c2ccccc2)(c2ccccc2)C1c1ccccc1. The van der Waals surface area contributed by atoms with Gasteiger partial charge < -0.3 is 0 Å². The van der Waals surface area contributed by atoms with Crippen LogP contribution in [0.15, 0.2) is 121 Å². The zero-order chi connectivity index (χ0) is 20.4. The minimum atomic E-state index is -0.209. The average Bonchev–Trinajstić information content (AvgIpc) is 3.15. The molecule has 0 amide bonds. The molecule has 1 fully saturated rings. The van der Waals surface area contributed by atoms with Gasteiger partial charge in [-0.05, 0) is 29.3 Å². The third kappa shape index (κ3) is 3.17. The second-order valence-corrected chi connectivity index (χ2v) is 9.15. The van der Waals surface area contributed by atoms with Crippen LogP contribution in [0.5, 0.6) is 0 Å². The molecule has 0 aromatic heterocycles. The summed E-state index contributed by atoms with van der Waals surface area (Å²) in [5, 5.41) is 0.261. The van der Waals surface area contributed by atoms with Crippen LogP contribution in [0, 0.1) is 0 Å². The summed E-state index contributed by atoms with van der Waals surface area (Å²) in [7, 11) is 2.27. The summed E-state index contributed by atoms with van der Waals surface area (Å²) in [4.78, 5) is 2.55. The van der Waals surface area contributed by atoms with E-state index in [2.05, 4.69) is 145 Å². The molecule has 4 aromatic rings. The van der Waals surface area contributed by atoms with Crippen LogP contribution in [0.1, 0.15) is 33.7 Å². The molecule has 2 heteroatoms. The molecule has 1 heterocycles. The molecule has 1 saturated heterocycles. The van der Waals surface area contributed by atoms with Gasteiger partial charge in [-0.3, -0.25) is 4.90 Å². The minimum Gasteiger partial charge on any atom is -0.282 e. The van der Waals surface area contributed by atoms with Crippen LogP contribution in [-0.2, 0) is 4.75 Å². The first-order valence-corrected chi connectivity index (χ1v) is 11.3. The van der Waals surface area contributed by atoms with Crippen LogP contribution in [-0.4, -0.2) is 11.9 Å². The second-order valence-electron chi connectivity index (χ2n) is 7.83. The van der Waals surface area contributed by atoms with Gasteiger partial charge in [0.05, 0.1) is 16.2 Å². The highest BCUT2D eigenvalue weighted by molar-refractivity contribution is 8.00. The van der Waals surface area contributed by atoms with Crippen molar-refractivity contribution in [2.24, 2.45) is 0 Å². The van der Waals surface area contributed by atoms with Gasteiger partial charge in [-0.15, -0.1) is 11.8 Å². The number of benzene rings is 4. The molecule has 0 bridgehead atoms. The van der Waals surface area contributed by atoms with E-state index >= 15 is 0 Å². The number of nitrogens with zero attached hydrogens (tertiary/aromatic N) is 1. The van der Waals surface area contributed by atoms with Crippen LogP contribution in [0.3, 0.4) is 0 Å². The first-order chi connectivity index (χ1) is 14.8. The number of hydrogen-bond acceptors (Lipinski definition) is 2. The normalized spacial score (nSPS) is 20.8. The third-order valence-corrected chi connectivity index (χ3v) is 7.96. The Morgan fingerprint density at radius 3 is 1.43 bits per heavy atom. The van der Waals surface area contributed by atoms with Gasteiger partial charge in [-0.1, -0.05) is 121 Å². The maximum absolute atomic E-state index is 2.55. The fourth-order valence-corrected chi connectivity index (χ4v) is 6.67. The number of thioether (sulfide) groups is 1. The molecule has 1 aliphatic rings. The van der Waals surface area contributed by atoms with E-state index in [9.17, 15) is 0 Å². The number of likely N-dealkylation sites (N-methyl/N-ethyl adjacent to an activating group) is 1. The number of hydrogen-bond donors (Lipinski definition) is 0. The summed E-state index contributed by atoms with van der Waals surface area (Å²) in [6, 6.07) is 44.1. The van der Waals surface area contributed by atoms with Crippen molar-refractivity contribution >= 4 is 11.8 Å². The highest BCUT2D eigenvalue weighted by Crippen LogP contribution is 2.65. The molecule has 0 aliphatic carbocycles. The first-order valence-electron chi connectivity index (χ1n) is 10.4. The van der Waals surface area contributed by atoms with E-state index in [0.717, 1.165) is 0 Å². The Labute approximate surface area is 183 Å². The minimum absolute atomic E-state index is 0.207. The Bertz CT molecular complexity index is 1040. The maximum atomic E-state index is 2.55. The molecule has 30 heavy (non-hydrogen) atoms. The quantitative estimate of drug-likeness (QED) is 0.357. The van der Waals surface area contributed by atoms with Crippen LogP contribution in [0.4, 0.5) is 0 Å². The van der Waals surface area contributed by atoms with Gasteiger partial charge in [-0.2, -0.15) is 0 Å². The molecule has 0 N–H and O–H groups in total.